The molecule has 3 N–H and O–H groups in total. The number of aromatic nitrogens is 1. The molecule has 1 atom stereocenters. The highest BCUT2D eigenvalue weighted by molar-refractivity contribution is 6.31. The number of hydrogen-bond donors (Lipinski definition) is 2. The maximum Gasteiger partial charge on any atom is 0.355 e. The van der Waals surface area contributed by atoms with Crippen molar-refractivity contribution in [2.45, 2.75) is 44.7 Å². The smallest absolute Gasteiger partial charge is 0.355 e. The van der Waals surface area contributed by atoms with Crippen molar-refractivity contribution < 1.29 is 9.53 Å². The molecule has 0 spiro atoms. The number of dihydropyridines is 1. The minimum Gasteiger partial charge on any atom is -0.461 e. The Morgan fingerprint density at radius 2 is 2.35 bits per heavy atom. The summed E-state index contributed by atoms with van der Waals surface area (Å²) in [5.74, 6) is 0.0544. The first kappa shape index (κ1) is 18.6. The van der Waals surface area contributed by atoms with Crippen molar-refractivity contribution in [3.8, 4) is 0 Å². The number of nitrogens with two attached hydrogens (primary N) is 1. The SMILES string of the molecule is CCOC(=O)C1=C(C=NCc2cnc(C3CCC3)c(Cl)c2)C(N)C=CN1. The lowest BCUT2D eigenvalue weighted by atomic mass is 9.82. The summed E-state index contributed by atoms with van der Waals surface area (Å²) in [6.07, 6.45) is 10.4. The molecule has 7 heteroatoms. The number of rotatable bonds is 6. The van der Waals surface area contributed by atoms with E-state index in [1.165, 1.54) is 6.42 Å². The Balaban J connectivity index is 1.71. The van der Waals surface area contributed by atoms with Crippen LogP contribution in [0.2, 0.25) is 5.02 Å². The molecular weight excluding hydrogens is 352 g/mol. The zero-order chi connectivity index (χ0) is 18.5. The molecule has 1 aromatic heterocycles. The largest absolute Gasteiger partial charge is 0.461 e. The van der Waals surface area contributed by atoms with Crippen molar-refractivity contribution >= 4 is 23.8 Å². The van der Waals surface area contributed by atoms with Crippen molar-refractivity contribution in [2.75, 3.05) is 6.61 Å². The van der Waals surface area contributed by atoms with Gasteiger partial charge in [-0.3, -0.25) is 9.98 Å². The Morgan fingerprint density at radius 1 is 1.54 bits per heavy atom. The van der Waals surface area contributed by atoms with E-state index in [2.05, 4.69) is 15.3 Å². The van der Waals surface area contributed by atoms with E-state index in [1.54, 1.807) is 25.4 Å². The Hall–Kier alpha value is -2.18. The first-order valence-electron chi connectivity index (χ1n) is 8.84. The normalized spacial score (nSPS) is 20.2. The summed E-state index contributed by atoms with van der Waals surface area (Å²) < 4.78 is 5.05. The van der Waals surface area contributed by atoms with Gasteiger partial charge in [-0.05, 0) is 43.7 Å². The van der Waals surface area contributed by atoms with Crippen LogP contribution in [0.25, 0.3) is 0 Å². The van der Waals surface area contributed by atoms with E-state index in [0.29, 0.717) is 35.4 Å². The molecule has 0 saturated heterocycles. The maximum absolute atomic E-state index is 12.0. The molecule has 1 aliphatic heterocycles. The second-order valence-electron chi connectivity index (χ2n) is 6.39. The highest BCUT2D eigenvalue weighted by Crippen LogP contribution is 2.38. The highest BCUT2D eigenvalue weighted by Gasteiger charge is 2.23. The van der Waals surface area contributed by atoms with Crippen LogP contribution >= 0.6 is 11.6 Å². The topological polar surface area (TPSA) is 89.6 Å². The number of aliphatic imine (C=N–C) groups is 1. The van der Waals surface area contributed by atoms with Crippen LogP contribution in [0.5, 0.6) is 0 Å². The summed E-state index contributed by atoms with van der Waals surface area (Å²) in [6, 6.07) is 1.50. The van der Waals surface area contributed by atoms with Crippen molar-refractivity contribution in [2.24, 2.45) is 10.7 Å². The van der Waals surface area contributed by atoms with E-state index >= 15 is 0 Å². The number of esters is 1. The average Bonchev–Trinajstić information content (AvgIpc) is 2.57. The van der Waals surface area contributed by atoms with Crippen LogP contribution in [-0.4, -0.2) is 29.8 Å². The molecule has 0 bridgehead atoms. The van der Waals surface area contributed by atoms with Gasteiger partial charge in [0.1, 0.15) is 5.70 Å². The fraction of sp³-hybridized carbons (Fsp3) is 0.421. The van der Waals surface area contributed by atoms with Crippen LogP contribution in [-0.2, 0) is 16.1 Å². The van der Waals surface area contributed by atoms with Gasteiger partial charge in [-0.15, -0.1) is 0 Å². The van der Waals surface area contributed by atoms with Crippen molar-refractivity contribution in [3.63, 3.8) is 0 Å². The van der Waals surface area contributed by atoms with Gasteiger partial charge >= 0.3 is 5.97 Å². The van der Waals surface area contributed by atoms with Crippen molar-refractivity contribution in [3.05, 3.63) is 52.1 Å². The fourth-order valence-corrected chi connectivity index (χ4v) is 3.27. The van der Waals surface area contributed by atoms with Crippen LogP contribution in [0, 0.1) is 0 Å². The molecule has 6 nitrogen and oxygen atoms in total. The summed E-state index contributed by atoms with van der Waals surface area (Å²) in [5.41, 5.74) is 8.88. The minimum atomic E-state index is -0.441. The van der Waals surface area contributed by atoms with E-state index in [4.69, 9.17) is 22.1 Å². The molecule has 26 heavy (non-hydrogen) atoms. The summed E-state index contributed by atoms with van der Waals surface area (Å²) in [5, 5.41) is 3.60. The lowest BCUT2D eigenvalue weighted by Gasteiger charge is -2.25. The molecule has 138 valence electrons. The van der Waals surface area contributed by atoms with E-state index in [0.717, 1.165) is 24.1 Å². The zero-order valence-corrected chi connectivity index (χ0v) is 15.5. The number of halogens is 1. The molecule has 3 rings (SSSR count). The molecule has 0 amide bonds. The lowest BCUT2D eigenvalue weighted by Crippen LogP contribution is -2.33. The number of nitrogens with zero attached hydrogens (tertiary/aromatic N) is 2. The first-order chi connectivity index (χ1) is 12.6. The van der Waals surface area contributed by atoms with Gasteiger partial charge in [0.05, 0.1) is 29.9 Å². The Kier molecular flexibility index (Phi) is 6.06. The molecule has 2 aliphatic rings. The maximum atomic E-state index is 12.0. The van der Waals surface area contributed by atoms with E-state index in [-0.39, 0.29) is 0 Å². The predicted molar refractivity (Wildman–Crippen MR) is 102 cm³/mol. The van der Waals surface area contributed by atoms with Gasteiger partial charge in [0, 0.05) is 23.9 Å². The molecular formula is C19H23ClN4O2. The highest BCUT2D eigenvalue weighted by atomic mass is 35.5. The van der Waals surface area contributed by atoms with Gasteiger partial charge in [0.25, 0.3) is 0 Å². The van der Waals surface area contributed by atoms with Crippen molar-refractivity contribution in [1.82, 2.24) is 10.3 Å². The molecule has 1 aliphatic carbocycles. The van der Waals surface area contributed by atoms with Crippen LogP contribution < -0.4 is 11.1 Å². The Labute approximate surface area is 158 Å². The van der Waals surface area contributed by atoms with Gasteiger partial charge in [-0.2, -0.15) is 0 Å². The molecule has 1 fully saturated rings. The first-order valence-corrected chi connectivity index (χ1v) is 9.22. The molecule has 2 heterocycles. The number of pyridine rings is 1. The number of carbonyl (C=O) groups excluding carboxylic acids is 1. The Morgan fingerprint density at radius 3 is 3.00 bits per heavy atom. The third-order valence-electron chi connectivity index (χ3n) is 4.58. The summed E-state index contributed by atoms with van der Waals surface area (Å²) in [4.78, 5) is 21.0. The van der Waals surface area contributed by atoms with E-state index in [9.17, 15) is 4.79 Å². The monoisotopic (exact) mass is 374 g/mol. The third kappa shape index (κ3) is 4.14. The zero-order valence-electron chi connectivity index (χ0n) is 14.7. The average molecular weight is 375 g/mol. The molecule has 0 radical (unpaired) electrons. The molecule has 1 unspecified atom stereocenters. The quantitative estimate of drug-likeness (QED) is 0.590. The van der Waals surface area contributed by atoms with Crippen LogP contribution in [0.4, 0.5) is 0 Å². The van der Waals surface area contributed by atoms with Gasteiger partial charge in [-0.1, -0.05) is 18.0 Å². The third-order valence-corrected chi connectivity index (χ3v) is 4.88. The Bertz CT molecular complexity index is 769. The number of nitrogens with one attached hydrogen (secondary N) is 1. The van der Waals surface area contributed by atoms with E-state index < -0.39 is 12.0 Å². The van der Waals surface area contributed by atoms with Gasteiger partial charge < -0.3 is 15.8 Å². The molecule has 1 aromatic rings. The number of carbonyl (C=O) groups is 1. The van der Waals surface area contributed by atoms with Crippen LogP contribution in [0.1, 0.15) is 43.4 Å². The lowest BCUT2D eigenvalue weighted by molar-refractivity contribution is -0.138. The number of ether oxygens (including phenoxy) is 1. The van der Waals surface area contributed by atoms with Gasteiger partial charge in [0.2, 0.25) is 0 Å². The van der Waals surface area contributed by atoms with Gasteiger partial charge in [0.15, 0.2) is 0 Å². The number of hydrogen-bond acceptors (Lipinski definition) is 6. The standard InChI is InChI=1S/C19H23ClN4O2/c1-2-26-19(25)18-14(16(21)6-7-23-18)11-22-9-12-8-15(20)17(24-10-12)13-4-3-5-13/h6-8,10-11,13,16,23H,2-5,9,21H2,1H3. The van der Waals surface area contributed by atoms with Crippen LogP contribution in [0.3, 0.4) is 0 Å². The van der Waals surface area contributed by atoms with Crippen molar-refractivity contribution in [1.29, 1.82) is 0 Å². The summed E-state index contributed by atoms with van der Waals surface area (Å²) in [7, 11) is 0. The molecule has 0 aromatic carbocycles. The predicted octanol–water partition coefficient (Wildman–Crippen LogP) is 2.83. The van der Waals surface area contributed by atoms with Crippen LogP contribution in [0.15, 0.2) is 40.8 Å². The summed E-state index contributed by atoms with van der Waals surface area (Å²) in [6.45, 7) is 2.47. The second kappa shape index (κ2) is 8.47. The van der Waals surface area contributed by atoms with Gasteiger partial charge in [-0.25, -0.2) is 4.79 Å². The second-order valence-corrected chi connectivity index (χ2v) is 6.80. The van der Waals surface area contributed by atoms with E-state index in [1.807, 2.05) is 12.3 Å². The fourth-order valence-electron chi connectivity index (χ4n) is 2.93. The minimum absolute atomic E-state index is 0.297. The molecule has 1 saturated carbocycles. The summed E-state index contributed by atoms with van der Waals surface area (Å²) >= 11 is 6.36.